The third-order valence-corrected chi connectivity index (χ3v) is 3.15. The van der Waals surface area contributed by atoms with Crippen LogP contribution in [0.25, 0.3) is 0 Å². The van der Waals surface area contributed by atoms with Gasteiger partial charge in [0.15, 0.2) is 0 Å². The third-order valence-electron chi connectivity index (χ3n) is 2.66. The van der Waals surface area contributed by atoms with Gasteiger partial charge >= 0.3 is 11.9 Å². The number of aliphatic carboxylic acids is 2. The van der Waals surface area contributed by atoms with Crippen molar-refractivity contribution in [1.29, 1.82) is 0 Å². The molecule has 1 atom stereocenters. The van der Waals surface area contributed by atoms with Gasteiger partial charge in [0.25, 0.3) is 5.91 Å². The Labute approximate surface area is 128 Å². The fourth-order valence-electron chi connectivity index (χ4n) is 1.62. The van der Waals surface area contributed by atoms with Crippen molar-refractivity contribution in [2.24, 2.45) is 0 Å². The smallest absolute Gasteiger partial charge is 0.326 e. The van der Waals surface area contributed by atoms with Gasteiger partial charge in [-0.05, 0) is 31.0 Å². The van der Waals surface area contributed by atoms with E-state index in [0.717, 1.165) is 6.07 Å². The van der Waals surface area contributed by atoms with E-state index in [0.29, 0.717) is 4.47 Å². The number of benzene rings is 1. The second-order valence-electron chi connectivity index (χ2n) is 4.27. The van der Waals surface area contributed by atoms with Gasteiger partial charge in [-0.3, -0.25) is 9.59 Å². The van der Waals surface area contributed by atoms with Crippen LogP contribution in [0.2, 0.25) is 0 Å². The molecule has 1 rings (SSSR count). The first-order chi connectivity index (χ1) is 9.81. The Hall–Kier alpha value is -1.96. The van der Waals surface area contributed by atoms with E-state index >= 15 is 0 Å². The lowest BCUT2D eigenvalue weighted by Crippen LogP contribution is -2.41. The minimum absolute atomic E-state index is 0.0526. The molecule has 6 nitrogen and oxygen atoms in total. The van der Waals surface area contributed by atoms with E-state index < -0.39 is 29.7 Å². The molecule has 114 valence electrons. The lowest BCUT2D eigenvalue weighted by Gasteiger charge is -2.14. The zero-order valence-electron chi connectivity index (χ0n) is 10.8. The molecule has 0 aliphatic rings. The van der Waals surface area contributed by atoms with Crippen LogP contribution in [-0.4, -0.2) is 34.1 Å². The summed E-state index contributed by atoms with van der Waals surface area (Å²) in [6, 6.07) is 2.46. The summed E-state index contributed by atoms with van der Waals surface area (Å²) < 4.78 is 14.0. The minimum Gasteiger partial charge on any atom is -0.481 e. The summed E-state index contributed by atoms with van der Waals surface area (Å²) in [5.74, 6) is -3.99. The molecule has 0 aliphatic carbocycles. The number of nitrogens with one attached hydrogen (secondary N) is 1. The number of amides is 1. The number of hydrogen-bond donors (Lipinski definition) is 3. The molecule has 3 N–H and O–H groups in total. The van der Waals surface area contributed by atoms with Crippen molar-refractivity contribution >= 4 is 33.8 Å². The Bertz CT molecular complexity index is 563. The van der Waals surface area contributed by atoms with Gasteiger partial charge in [-0.1, -0.05) is 15.9 Å². The molecule has 8 heteroatoms. The average Bonchev–Trinajstić information content (AvgIpc) is 2.39. The summed E-state index contributed by atoms with van der Waals surface area (Å²) in [5, 5.41) is 19.7. The van der Waals surface area contributed by atoms with Crippen LogP contribution in [0.5, 0.6) is 0 Å². The van der Waals surface area contributed by atoms with Gasteiger partial charge in [0.1, 0.15) is 11.9 Å². The maximum atomic E-state index is 13.5. The summed E-state index contributed by atoms with van der Waals surface area (Å²) in [4.78, 5) is 33.3. The summed E-state index contributed by atoms with van der Waals surface area (Å²) >= 11 is 3.09. The number of hydrogen-bond acceptors (Lipinski definition) is 3. The maximum Gasteiger partial charge on any atom is 0.326 e. The molecule has 0 aromatic heterocycles. The monoisotopic (exact) mass is 361 g/mol. The van der Waals surface area contributed by atoms with Gasteiger partial charge in [0.2, 0.25) is 0 Å². The van der Waals surface area contributed by atoms with Crippen LogP contribution in [0.15, 0.2) is 22.7 Å². The Morgan fingerprint density at radius 3 is 2.52 bits per heavy atom. The normalized spacial score (nSPS) is 11.7. The van der Waals surface area contributed by atoms with Gasteiger partial charge in [0, 0.05) is 10.9 Å². The highest BCUT2D eigenvalue weighted by atomic mass is 79.9. The molecule has 0 bridgehead atoms. The van der Waals surface area contributed by atoms with Crippen molar-refractivity contribution in [2.75, 3.05) is 0 Å². The second kappa shape index (κ2) is 7.72. The summed E-state index contributed by atoms with van der Waals surface area (Å²) in [7, 11) is 0. The van der Waals surface area contributed by atoms with Crippen molar-refractivity contribution < 1.29 is 29.0 Å². The molecular formula is C13H13BrFNO5. The van der Waals surface area contributed by atoms with Gasteiger partial charge in [-0.2, -0.15) is 0 Å². The molecule has 0 saturated carbocycles. The largest absolute Gasteiger partial charge is 0.481 e. The van der Waals surface area contributed by atoms with Crippen LogP contribution in [0.3, 0.4) is 0 Å². The number of halogens is 2. The van der Waals surface area contributed by atoms with Gasteiger partial charge in [-0.25, -0.2) is 9.18 Å². The molecule has 0 heterocycles. The predicted octanol–water partition coefficient (Wildman–Crippen LogP) is 2.03. The lowest BCUT2D eigenvalue weighted by atomic mass is 10.1. The number of carbonyl (C=O) groups is 3. The highest BCUT2D eigenvalue weighted by molar-refractivity contribution is 9.10. The molecule has 0 fully saturated rings. The molecule has 1 aromatic carbocycles. The summed E-state index contributed by atoms with van der Waals surface area (Å²) in [6.45, 7) is 0. The number of rotatable bonds is 7. The van der Waals surface area contributed by atoms with Gasteiger partial charge < -0.3 is 15.5 Å². The number of carboxylic acid groups (broad SMARTS) is 2. The van der Waals surface area contributed by atoms with Crippen molar-refractivity contribution in [2.45, 2.75) is 25.3 Å². The molecule has 0 unspecified atom stereocenters. The van der Waals surface area contributed by atoms with E-state index in [1.807, 2.05) is 0 Å². The predicted molar refractivity (Wildman–Crippen MR) is 74.5 cm³/mol. The Morgan fingerprint density at radius 2 is 1.95 bits per heavy atom. The lowest BCUT2D eigenvalue weighted by molar-refractivity contribution is -0.140. The van der Waals surface area contributed by atoms with E-state index in [2.05, 4.69) is 21.2 Å². The second-order valence-corrected chi connectivity index (χ2v) is 5.19. The summed E-state index contributed by atoms with van der Waals surface area (Å²) in [5.41, 5.74) is -0.283. The van der Waals surface area contributed by atoms with Crippen molar-refractivity contribution in [3.05, 3.63) is 34.1 Å². The first-order valence-electron chi connectivity index (χ1n) is 6.01. The fraction of sp³-hybridized carbons (Fsp3) is 0.308. The van der Waals surface area contributed by atoms with Crippen LogP contribution in [0, 0.1) is 5.82 Å². The van der Waals surface area contributed by atoms with Crippen LogP contribution in [0.1, 0.15) is 29.6 Å². The Kier molecular flexibility index (Phi) is 6.29. The highest BCUT2D eigenvalue weighted by Gasteiger charge is 2.22. The SMILES string of the molecule is O=C(O)CCC[C@@H](NC(=O)c1cc(Br)ccc1F)C(=O)O. The summed E-state index contributed by atoms with van der Waals surface area (Å²) in [6.07, 6.45) is -0.165. The van der Waals surface area contributed by atoms with Crippen LogP contribution < -0.4 is 5.32 Å². The number of carboxylic acids is 2. The van der Waals surface area contributed by atoms with Crippen LogP contribution in [0.4, 0.5) is 4.39 Å². The molecule has 0 saturated heterocycles. The Morgan fingerprint density at radius 1 is 1.29 bits per heavy atom. The van der Waals surface area contributed by atoms with Crippen molar-refractivity contribution in [3.8, 4) is 0 Å². The molecule has 0 spiro atoms. The van der Waals surface area contributed by atoms with E-state index in [4.69, 9.17) is 10.2 Å². The van der Waals surface area contributed by atoms with Crippen molar-refractivity contribution in [3.63, 3.8) is 0 Å². The zero-order valence-corrected chi connectivity index (χ0v) is 12.4. The Balaban J connectivity index is 2.74. The maximum absolute atomic E-state index is 13.5. The quantitative estimate of drug-likeness (QED) is 0.689. The van der Waals surface area contributed by atoms with Crippen LogP contribution >= 0.6 is 15.9 Å². The molecule has 1 aromatic rings. The fourth-order valence-corrected chi connectivity index (χ4v) is 1.98. The first-order valence-corrected chi connectivity index (χ1v) is 6.81. The molecule has 1 amide bonds. The topological polar surface area (TPSA) is 104 Å². The molecular weight excluding hydrogens is 349 g/mol. The van der Waals surface area contributed by atoms with Crippen molar-refractivity contribution in [1.82, 2.24) is 5.32 Å². The standard InChI is InChI=1S/C13H13BrFNO5/c14-7-4-5-9(15)8(6-7)12(19)16-10(13(20)21)2-1-3-11(17)18/h4-6,10H,1-3H2,(H,16,19)(H,17,18)(H,20,21)/t10-/m1/s1. The van der Waals surface area contributed by atoms with E-state index in [1.165, 1.54) is 12.1 Å². The minimum atomic E-state index is -1.30. The number of carbonyl (C=O) groups excluding carboxylic acids is 1. The van der Waals surface area contributed by atoms with E-state index in [9.17, 15) is 18.8 Å². The molecule has 0 radical (unpaired) electrons. The third kappa shape index (κ3) is 5.50. The van der Waals surface area contributed by atoms with Crippen LogP contribution in [-0.2, 0) is 9.59 Å². The first kappa shape index (κ1) is 17.1. The highest BCUT2D eigenvalue weighted by Crippen LogP contribution is 2.16. The average molecular weight is 362 g/mol. The molecule has 0 aliphatic heterocycles. The van der Waals surface area contributed by atoms with E-state index in [1.54, 1.807) is 0 Å². The van der Waals surface area contributed by atoms with Gasteiger partial charge in [-0.15, -0.1) is 0 Å². The zero-order chi connectivity index (χ0) is 16.0. The van der Waals surface area contributed by atoms with E-state index in [-0.39, 0.29) is 24.8 Å². The molecule has 21 heavy (non-hydrogen) atoms. The van der Waals surface area contributed by atoms with Gasteiger partial charge in [0.05, 0.1) is 5.56 Å².